The van der Waals surface area contributed by atoms with Crippen LogP contribution in [0.1, 0.15) is 30.1 Å². The molecule has 1 aliphatic carbocycles. The SMILES string of the molecule is COC(=O)CNC(=O)c1cccc(NC(=O)CCNC(=O)[C@H]2C[C@H]2C)c1. The van der Waals surface area contributed by atoms with E-state index in [0.29, 0.717) is 17.2 Å². The molecule has 3 amide bonds. The summed E-state index contributed by atoms with van der Waals surface area (Å²) in [5.41, 5.74) is 0.769. The first-order chi connectivity index (χ1) is 12.4. The van der Waals surface area contributed by atoms with E-state index >= 15 is 0 Å². The van der Waals surface area contributed by atoms with Gasteiger partial charge in [-0.1, -0.05) is 13.0 Å². The van der Waals surface area contributed by atoms with Gasteiger partial charge in [-0.3, -0.25) is 19.2 Å². The van der Waals surface area contributed by atoms with Crippen LogP contribution < -0.4 is 16.0 Å². The molecule has 8 heteroatoms. The predicted octanol–water partition coefficient (Wildman–Crippen LogP) is 0.690. The summed E-state index contributed by atoms with van der Waals surface area (Å²) in [6, 6.07) is 6.35. The van der Waals surface area contributed by atoms with Crippen LogP contribution in [-0.4, -0.2) is 43.9 Å². The number of rotatable bonds is 8. The lowest BCUT2D eigenvalue weighted by Gasteiger charge is -2.08. The van der Waals surface area contributed by atoms with Gasteiger partial charge in [0.1, 0.15) is 6.54 Å². The first kappa shape index (κ1) is 19.4. The average molecular weight is 361 g/mol. The van der Waals surface area contributed by atoms with E-state index in [0.717, 1.165) is 6.42 Å². The number of benzene rings is 1. The summed E-state index contributed by atoms with van der Waals surface area (Å²) in [6.45, 7) is 2.06. The molecule has 0 spiro atoms. The molecule has 26 heavy (non-hydrogen) atoms. The average Bonchev–Trinajstić information content (AvgIpc) is 3.36. The van der Waals surface area contributed by atoms with E-state index in [4.69, 9.17) is 0 Å². The van der Waals surface area contributed by atoms with Crippen molar-refractivity contribution in [2.45, 2.75) is 19.8 Å². The fraction of sp³-hybridized carbons (Fsp3) is 0.444. The summed E-state index contributed by atoms with van der Waals surface area (Å²) >= 11 is 0. The van der Waals surface area contributed by atoms with Gasteiger partial charge in [-0.25, -0.2) is 0 Å². The second kappa shape index (κ2) is 8.98. The van der Waals surface area contributed by atoms with Crippen molar-refractivity contribution in [2.75, 3.05) is 25.5 Å². The molecule has 3 N–H and O–H groups in total. The van der Waals surface area contributed by atoms with E-state index < -0.39 is 11.9 Å². The lowest BCUT2D eigenvalue weighted by atomic mass is 10.2. The van der Waals surface area contributed by atoms with Crippen molar-refractivity contribution in [1.29, 1.82) is 0 Å². The summed E-state index contributed by atoms with van der Waals surface area (Å²) in [5.74, 6) is -0.756. The summed E-state index contributed by atoms with van der Waals surface area (Å²) in [5, 5.41) is 7.85. The lowest BCUT2D eigenvalue weighted by Crippen LogP contribution is -2.30. The molecule has 1 aromatic carbocycles. The summed E-state index contributed by atoms with van der Waals surface area (Å²) in [7, 11) is 1.23. The first-order valence-electron chi connectivity index (χ1n) is 8.43. The van der Waals surface area contributed by atoms with Crippen molar-refractivity contribution >= 4 is 29.4 Å². The first-order valence-corrected chi connectivity index (χ1v) is 8.43. The minimum absolute atomic E-state index is 0.00502. The number of hydrogen-bond donors (Lipinski definition) is 3. The maximum Gasteiger partial charge on any atom is 0.325 e. The number of esters is 1. The number of methoxy groups -OCH3 is 1. The Morgan fingerprint density at radius 1 is 1.19 bits per heavy atom. The zero-order chi connectivity index (χ0) is 19.1. The molecule has 0 aromatic heterocycles. The highest BCUT2D eigenvalue weighted by Crippen LogP contribution is 2.37. The summed E-state index contributed by atoms with van der Waals surface area (Å²) in [4.78, 5) is 46.7. The van der Waals surface area contributed by atoms with E-state index in [1.807, 2.05) is 6.92 Å². The Morgan fingerprint density at radius 3 is 2.58 bits per heavy atom. The third-order valence-corrected chi connectivity index (χ3v) is 4.13. The highest BCUT2D eigenvalue weighted by Gasteiger charge is 2.38. The van der Waals surface area contributed by atoms with E-state index in [9.17, 15) is 19.2 Å². The summed E-state index contributed by atoms with van der Waals surface area (Å²) < 4.78 is 4.45. The van der Waals surface area contributed by atoms with Crippen LogP contribution in [0.15, 0.2) is 24.3 Å². The Labute approximate surface area is 151 Å². The Kier molecular flexibility index (Phi) is 6.71. The molecule has 0 radical (unpaired) electrons. The van der Waals surface area contributed by atoms with E-state index in [2.05, 4.69) is 20.7 Å². The van der Waals surface area contributed by atoms with E-state index in [1.165, 1.54) is 13.2 Å². The van der Waals surface area contributed by atoms with Crippen molar-refractivity contribution in [2.24, 2.45) is 11.8 Å². The lowest BCUT2D eigenvalue weighted by molar-refractivity contribution is -0.139. The van der Waals surface area contributed by atoms with Crippen LogP contribution in [0.4, 0.5) is 5.69 Å². The molecule has 0 saturated heterocycles. The Morgan fingerprint density at radius 2 is 1.92 bits per heavy atom. The van der Waals surface area contributed by atoms with Gasteiger partial charge in [0.2, 0.25) is 11.8 Å². The molecule has 0 aliphatic heterocycles. The quantitative estimate of drug-likeness (QED) is 0.590. The minimum Gasteiger partial charge on any atom is -0.468 e. The minimum atomic E-state index is -0.551. The molecule has 0 unspecified atom stereocenters. The molecule has 2 rings (SSSR count). The topological polar surface area (TPSA) is 114 Å². The molecule has 1 aliphatic rings. The van der Waals surface area contributed by atoms with Gasteiger partial charge >= 0.3 is 5.97 Å². The Balaban J connectivity index is 1.77. The van der Waals surface area contributed by atoms with Crippen LogP contribution in [0.3, 0.4) is 0 Å². The normalized spacial score (nSPS) is 17.8. The van der Waals surface area contributed by atoms with Crippen LogP contribution in [0.5, 0.6) is 0 Å². The Hall–Kier alpha value is -2.90. The Bertz CT molecular complexity index is 704. The molecule has 140 valence electrons. The second-order valence-corrected chi connectivity index (χ2v) is 6.25. The van der Waals surface area contributed by atoms with Crippen molar-refractivity contribution < 1.29 is 23.9 Å². The highest BCUT2D eigenvalue weighted by molar-refractivity contribution is 5.98. The fourth-order valence-corrected chi connectivity index (χ4v) is 2.41. The van der Waals surface area contributed by atoms with Gasteiger partial charge in [-0.15, -0.1) is 0 Å². The third kappa shape index (κ3) is 5.87. The number of ether oxygens (including phenoxy) is 1. The molecule has 0 heterocycles. The molecule has 1 saturated carbocycles. The number of carbonyl (C=O) groups is 4. The molecular formula is C18H23N3O5. The van der Waals surface area contributed by atoms with Gasteiger partial charge in [0.15, 0.2) is 0 Å². The van der Waals surface area contributed by atoms with Gasteiger partial charge in [0.25, 0.3) is 5.91 Å². The molecule has 2 atom stereocenters. The van der Waals surface area contributed by atoms with Gasteiger partial charge in [0.05, 0.1) is 7.11 Å². The predicted molar refractivity (Wildman–Crippen MR) is 94.3 cm³/mol. The van der Waals surface area contributed by atoms with E-state index in [-0.39, 0.29) is 37.2 Å². The van der Waals surface area contributed by atoms with Crippen molar-refractivity contribution in [3.8, 4) is 0 Å². The molecule has 8 nitrogen and oxygen atoms in total. The zero-order valence-corrected chi connectivity index (χ0v) is 14.8. The fourth-order valence-electron chi connectivity index (χ4n) is 2.41. The van der Waals surface area contributed by atoms with Crippen LogP contribution in [0.25, 0.3) is 0 Å². The van der Waals surface area contributed by atoms with Gasteiger partial charge < -0.3 is 20.7 Å². The van der Waals surface area contributed by atoms with Crippen molar-refractivity contribution in [3.05, 3.63) is 29.8 Å². The van der Waals surface area contributed by atoms with Crippen molar-refractivity contribution in [1.82, 2.24) is 10.6 Å². The largest absolute Gasteiger partial charge is 0.468 e. The third-order valence-electron chi connectivity index (χ3n) is 4.13. The second-order valence-electron chi connectivity index (χ2n) is 6.25. The number of nitrogens with one attached hydrogen (secondary N) is 3. The van der Waals surface area contributed by atoms with E-state index in [1.54, 1.807) is 18.2 Å². The van der Waals surface area contributed by atoms with Gasteiger partial charge in [-0.05, 0) is 30.5 Å². The highest BCUT2D eigenvalue weighted by atomic mass is 16.5. The number of amides is 3. The van der Waals surface area contributed by atoms with Crippen LogP contribution in [-0.2, 0) is 19.1 Å². The number of anilines is 1. The van der Waals surface area contributed by atoms with Crippen LogP contribution in [0.2, 0.25) is 0 Å². The number of carbonyl (C=O) groups excluding carboxylic acids is 4. The van der Waals surface area contributed by atoms with Crippen LogP contribution in [0, 0.1) is 11.8 Å². The maximum absolute atomic E-state index is 12.0. The standard InChI is InChI=1S/C18H23N3O5/c1-11-8-14(11)18(25)19-7-6-15(22)21-13-5-3-4-12(9-13)17(24)20-10-16(23)26-2/h3-5,9,11,14H,6-8,10H2,1-2H3,(H,19,25)(H,20,24)(H,21,22)/t11-,14+/m1/s1. The molecule has 0 bridgehead atoms. The van der Waals surface area contributed by atoms with Gasteiger partial charge in [0, 0.05) is 30.1 Å². The summed E-state index contributed by atoms with van der Waals surface area (Å²) in [6.07, 6.45) is 1.05. The maximum atomic E-state index is 12.0. The van der Waals surface area contributed by atoms with Crippen molar-refractivity contribution in [3.63, 3.8) is 0 Å². The van der Waals surface area contributed by atoms with Gasteiger partial charge in [-0.2, -0.15) is 0 Å². The van der Waals surface area contributed by atoms with Crippen LogP contribution >= 0.6 is 0 Å². The molecular weight excluding hydrogens is 338 g/mol. The molecule has 1 fully saturated rings. The monoisotopic (exact) mass is 361 g/mol. The zero-order valence-electron chi connectivity index (χ0n) is 14.8. The molecule has 1 aromatic rings. The smallest absolute Gasteiger partial charge is 0.325 e. The number of hydrogen-bond acceptors (Lipinski definition) is 5.